The summed E-state index contributed by atoms with van der Waals surface area (Å²) in [7, 11) is 0.161. The van der Waals surface area contributed by atoms with Gasteiger partial charge in [-0.25, -0.2) is 4.79 Å². The topological polar surface area (TPSA) is 205 Å². The van der Waals surface area contributed by atoms with Gasteiger partial charge in [0.15, 0.2) is 5.78 Å². The monoisotopic (exact) mass is 961 g/mol. The van der Waals surface area contributed by atoms with Crippen molar-refractivity contribution in [1.82, 2.24) is 4.90 Å². The first kappa shape index (κ1) is 52.4. The highest BCUT2D eigenvalue weighted by molar-refractivity contribution is 6.39. The predicted molar refractivity (Wildman–Crippen MR) is 256 cm³/mol. The second kappa shape index (κ2) is 27.3. The molecule has 68 heavy (non-hydrogen) atoms. The van der Waals surface area contributed by atoms with Crippen LogP contribution in [0.5, 0.6) is 0 Å². The maximum atomic E-state index is 14.5. The van der Waals surface area contributed by atoms with Gasteiger partial charge >= 0.3 is 5.97 Å². The number of piperidine rings is 1. The van der Waals surface area contributed by atoms with E-state index in [9.17, 15) is 39.3 Å². The molecule has 1 amide bonds. The molecule has 0 aromatic heterocycles. The standard InChI is InChI=1S/C53H83NO14/c1-32-16-12-11-13-17-33(2)44(63-8)30-40-21-19-38(7)53(62,68-40)50(59)51(60)54-23-15-14-18-41(54)52(61)67-45(35(4)28-39-20-22-43(66-25-24-55)46(29-39)64-9)31-42(56)34(3)27-37(6)48(58)49(65-10)47(57)36(5)26-32/h11-13,16-17,27,32,34-36,38-41,43-46,48-49,55,58,62H,14-15,18-26,28-31H2,1-10H3/b13-11+,16-12+,33-17+,37-27+/t32-,34-,35-,36-,38-,39+,40+,41+,43-,44+,45+,46-,48-,49+,53-/m1/s1/i8D3. The Balaban J connectivity index is 1.73. The highest BCUT2D eigenvalue weighted by Gasteiger charge is 2.53. The number of Topliss-reactive ketones (excluding diaryl/α,β-unsaturated/α-hetero) is 3. The van der Waals surface area contributed by atoms with Crippen LogP contribution in [0.1, 0.15) is 130 Å². The molecule has 0 aromatic rings. The van der Waals surface area contributed by atoms with E-state index in [4.69, 9.17) is 32.5 Å². The highest BCUT2D eigenvalue weighted by atomic mass is 16.6. The summed E-state index contributed by atoms with van der Waals surface area (Å²) in [6, 6.07) is -1.22. The van der Waals surface area contributed by atoms with Crippen LogP contribution < -0.4 is 0 Å². The van der Waals surface area contributed by atoms with Crippen LogP contribution in [0.2, 0.25) is 0 Å². The number of carbonyl (C=O) groups excluding carboxylic acids is 5. The smallest absolute Gasteiger partial charge is 0.329 e. The molecule has 1 saturated carbocycles. The molecule has 3 fully saturated rings. The van der Waals surface area contributed by atoms with Gasteiger partial charge in [0.2, 0.25) is 5.79 Å². The molecule has 2 saturated heterocycles. The molecule has 15 atom stereocenters. The maximum absolute atomic E-state index is 14.5. The molecule has 384 valence electrons. The van der Waals surface area contributed by atoms with Gasteiger partial charge in [-0.2, -0.15) is 0 Å². The molecule has 0 radical (unpaired) electrons. The quantitative estimate of drug-likeness (QED) is 0.134. The summed E-state index contributed by atoms with van der Waals surface area (Å²) >= 11 is 0. The Morgan fingerprint density at radius 3 is 2.34 bits per heavy atom. The van der Waals surface area contributed by atoms with E-state index < -0.39 is 84.8 Å². The highest BCUT2D eigenvalue weighted by Crippen LogP contribution is 2.38. The molecular weight excluding hydrogens is 875 g/mol. The van der Waals surface area contributed by atoms with E-state index >= 15 is 0 Å². The van der Waals surface area contributed by atoms with Crippen molar-refractivity contribution < 1.29 is 71.8 Å². The van der Waals surface area contributed by atoms with E-state index in [2.05, 4.69) is 0 Å². The minimum absolute atomic E-state index is 0.0185. The Bertz CT molecular complexity index is 1920. The number of aliphatic hydroxyl groups is 3. The second-order valence-corrected chi connectivity index (χ2v) is 20.0. The summed E-state index contributed by atoms with van der Waals surface area (Å²) in [6.07, 6.45) is 9.12. The molecule has 4 rings (SSSR count). The van der Waals surface area contributed by atoms with Gasteiger partial charge in [0, 0.05) is 58.4 Å². The van der Waals surface area contributed by atoms with Crippen LogP contribution in [0.15, 0.2) is 47.6 Å². The minimum Gasteiger partial charge on any atom is -0.460 e. The average molecular weight is 961 g/mol. The first-order valence-electron chi connectivity index (χ1n) is 26.3. The van der Waals surface area contributed by atoms with Gasteiger partial charge in [-0.05, 0) is 107 Å². The molecule has 4 aliphatic rings. The van der Waals surface area contributed by atoms with Gasteiger partial charge < -0.3 is 48.6 Å². The molecule has 3 heterocycles. The number of ketones is 3. The molecule has 0 spiro atoms. The predicted octanol–water partition coefficient (Wildman–Crippen LogP) is 6.20. The SMILES string of the molecule is [2H]C([2H])([2H])O[C@H]1C[C@@H]2CC[C@@H](C)[C@@](O)(O2)C(=O)C(=O)N2CCCC[C@H]2C(=O)O[C@H]([C@H](C)C[C@@H]2CC[C@@H](OCCO)[C@H](OC)C2)CC(=O)[C@H](C)/C=C(\C)[C@@H](O)[C@@H](OC)C(=O)[C@H](C)C[C@H](C)/C=C/C=C/C=C/1C. The second-order valence-electron chi connectivity index (χ2n) is 20.0. The van der Waals surface area contributed by atoms with Crippen LogP contribution in [0.3, 0.4) is 0 Å². The van der Waals surface area contributed by atoms with Crippen molar-refractivity contribution in [2.45, 2.75) is 180 Å². The fourth-order valence-corrected chi connectivity index (χ4v) is 10.4. The third-order valence-corrected chi connectivity index (χ3v) is 14.7. The van der Waals surface area contributed by atoms with E-state index in [0.717, 1.165) is 11.3 Å². The zero-order valence-electron chi connectivity index (χ0n) is 44.9. The fraction of sp³-hybridized carbons (Fsp3) is 0.755. The van der Waals surface area contributed by atoms with E-state index in [-0.39, 0.29) is 87.0 Å². The van der Waals surface area contributed by atoms with Gasteiger partial charge in [-0.15, -0.1) is 0 Å². The molecule has 1 aliphatic carbocycles. The van der Waals surface area contributed by atoms with Crippen molar-refractivity contribution in [3.8, 4) is 0 Å². The molecule has 15 nitrogen and oxygen atoms in total. The summed E-state index contributed by atoms with van der Waals surface area (Å²) in [5.74, 6) is -8.83. The van der Waals surface area contributed by atoms with Crippen molar-refractivity contribution in [2.24, 2.45) is 35.5 Å². The minimum atomic E-state index is -2.80. The number of ether oxygens (including phenoxy) is 6. The number of fused-ring (bicyclic) bond motifs is 3. The number of rotatable bonds is 9. The largest absolute Gasteiger partial charge is 0.460 e. The Morgan fingerprint density at radius 2 is 1.65 bits per heavy atom. The summed E-state index contributed by atoms with van der Waals surface area (Å²) in [5.41, 5.74) is 0.880. The van der Waals surface area contributed by atoms with Gasteiger partial charge in [0.1, 0.15) is 30.1 Å². The molecule has 2 bridgehead atoms. The molecule has 3 N–H and O–H groups in total. The Hall–Kier alpha value is -3.41. The van der Waals surface area contributed by atoms with Crippen molar-refractivity contribution in [3.05, 3.63) is 47.6 Å². The molecule has 15 heteroatoms. The van der Waals surface area contributed by atoms with Crippen LogP contribution in [-0.4, -0.2) is 145 Å². The summed E-state index contributed by atoms with van der Waals surface area (Å²) in [6.45, 7) is 12.3. The van der Waals surface area contributed by atoms with Crippen molar-refractivity contribution >= 4 is 29.2 Å². The lowest BCUT2D eigenvalue weighted by atomic mass is 9.78. The van der Waals surface area contributed by atoms with Gasteiger partial charge in [0.05, 0.1) is 41.7 Å². The van der Waals surface area contributed by atoms with Crippen LogP contribution in [-0.2, 0) is 52.4 Å². The van der Waals surface area contributed by atoms with Crippen molar-refractivity contribution in [3.63, 3.8) is 0 Å². The van der Waals surface area contributed by atoms with Crippen molar-refractivity contribution in [2.75, 3.05) is 41.0 Å². The molecule has 3 aliphatic heterocycles. The average Bonchev–Trinajstić information content (AvgIpc) is 3.32. The number of amides is 1. The number of hydrogen-bond donors (Lipinski definition) is 3. The zero-order chi connectivity index (χ0) is 52.8. The van der Waals surface area contributed by atoms with E-state index in [0.29, 0.717) is 56.1 Å². The molecular formula is C53H83NO14. The number of allylic oxidation sites excluding steroid dienone is 6. The van der Waals surface area contributed by atoms with Gasteiger partial charge in [-0.3, -0.25) is 19.2 Å². The van der Waals surface area contributed by atoms with Crippen molar-refractivity contribution in [1.29, 1.82) is 0 Å². The first-order chi connectivity index (χ1) is 33.4. The Kier molecular flexibility index (Phi) is 21.0. The van der Waals surface area contributed by atoms with Gasteiger partial charge in [-0.1, -0.05) is 71.1 Å². The maximum Gasteiger partial charge on any atom is 0.329 e. The zero-order valence-corrected chi connectivity index (χ0v) is 41.9. The Labute approximate surface area is 409 Å². The normalized spacial score (nSPS) is 40.0. The lowest BCUT2D eigenvalue weighted by Crippen LogP contribution is -2.61. The summed E-state index contributed by atoms with van der Waals surface area (Å²) < 4.78 is 58.8. The number of hydrogen-bond acceptors (Lipinski definition) is 14. The number of esters is 1. The number of methoxy groups -OCH3 is 3. The van der Waals surface area contributed by atoms with Gasteiger partial charge in [0.25, 0.3) is 11.7 Å². The number of carbonyl (C=O) groups is 5. The summed E-state index contributed by atoms with van der Waals surface area (Å²) in [5, 5.41) is 32.9. The summed E-state index contributed by atoms with van der Waals surface area (Å²) in [4.78, 5) is 72.3. The van der Waals surface area contributed by atoms with E-state index in [1.165, 1.54) is 7.11 Å². The molecule has 0 aromatic carbocycles. The fourth-order valence-electron chi connectivity index (χ4n) is 10.4. The van der Waals surface area contributed by atoms with Crippen LogP contribution >= 0.6 is 0 Å². The van der Waals surface area contributed by atoms with Crippen LogP contribution in [0.4, 0.5) is 0 Å². The molecule has 0 unspecified atom stereocenters. The third kappa shape index (κ3) is 15.3. The number of cyclic esters (lactones) is 1. The van der Waals surface area contributed by atoms with E-state index in [1.807, 2.05) is 19.9 Å². The third-order valence-electron chi connectivity index (χ3n) is 14.7. The lowest BCUT2D eigenvalue weighted by molar-refractivity contribution is -0.265. The Morgan fingerprint density at radius 1 is 0.897 bits per heavy atom. The van der Waals surface area contributed by atoms with Crippen LogP contribution in [0.25, 0.3) is 0 Å². The number of nitrogens with zero attached hydrogens (tertiary/aromatic N) is 1. The van der Waals surface area contributed by atoms with Crippen LogP contribution in [0, 0.1) is 35.5 Å². The lowest BCUT2D eigenvalue weighted by Gasteiger charge is -2.42. The number of aliphatic hydroxyl groups excluding tert-OH is 2. The van der Waals surface area contributed by atoms with E-state index in [1.54, 1.807) is 72.1 Å². The first-order valence-corrected chi connectivity index (χ1v) is 24.8.